The molecule has 0 spiro atoms. The summed E-state index contributed by atoms with van der Waals surface area (Å²) in [5.41, 5.74) is 4.46. The minimum atomic E-state index is -0.706. The van der Waals surface area contributed by atoms with Gasteiger partial charge in [-0.1, -0.05) is 65.1 Å². The third kappa shape index (κ3) is 10.0. The second-order valence-corrected chi connectivity index (χ2v) is 10.3. The lowest BCUT2D eigenvalue weighted by Gasteiger charge is -2.34. The molecule has 5 rings (SSSR count). The van der Waals surface area contributed by atoms with Crippen LogP contribution in [0.3, 0.4) is 0 Å². The van der Waals surface area contributed by atoms with Crippen molar-refractivity contribution in [2.45, 2.75) is 41.2 Å². The Kier molecular flexibility index (Phi) is 15.6. The first-order valence-corrected chi connectivity index (χ1v) is 15.9. The van der Waals surface area contributed by atoms with Crippen LogP contribution >= 0.6 is 0 Å². The van der Waals surface area contributed by atoms with Gasteiger partial charge < -0.3 is 20.9 Å². The number of benzene rings is 3. The molecule has 0 saturated carbocycles. The molecule has 2 heterocycles. The highest BCUT2D eigenvalue weighted by Crippen LogP contribution is 2.41. The second-order valence-electron chi connectivity index (χ2n) is 10.3. The highest BCUT2D eigenvalue weighted by atomic mass is 19.1. The molecule has 1 aliphatic heterocycles. The number of nitrogens with zero attached hydrogens (tertiary/aromatic N) is 4. The fraction of sp³-hybridized carbons (Fsp3) is 0.297. The zero-order valence-electron chi connectivity index (χ0n) is 29.1. The number of para-hydroxylation sites is 1. The van der Waals surface area contributed by atoms with Crippen molar-refractivity contribution in [1.29, 1.82) is 0 Å². The minimum Gasteiger partial charge on any atom is -0.388 e. The number of hydrogen-bond acceptors (Lipinski definition) is 7. The van der Waals surface area contributed by atoms with Crippen LogP contribution in [0.4, 0.5) is 40.7 Å². The molecule has 4 aromatic rings. The van der Waals surface area contributed by atoms with Crippen LogP contribution in [0, 0.1) is 30.2 Å². The highest BCUT2D eigenvalue weighted by Gasteiger charge is 2.31. The van der Waals surface area contributed by atoms with Crippen LogP contribution in [0.25, 0.3) is 17.3 Å². The average molecular weight is 666 g/mol. The van der Waals surface area contributed by atoms with Crippen molar-refractivity contribution < 1.29 is 17.6 Å². The Hall–Kier alpha value is -4.90. The summed E-state index contributed by atoms with van der Waals surface area (Å²) in [6.07, 6.45) is 1.77. The molecule has 3 aromatic carbocycles. The fourth-order valence-electron chi connectivity index (χ4n) is 4.57. The number of aromatic nitrogens is 2. The third-order valence-corrected chi connectivity index (χ3v) is 6.84. The highest BCUT2D eigenvalue weighted by molar-refractivity contribution is 5.80. The molecular weight excluding hydrogens is 618 g/mol. The lowest BCUT2D eigenvalue weighted by atomic mass is 9.97. The van der Waals surface area contributed by atoms with Crippen molar-refractivity contribution in [2.75, 3.05) is 49.8 Å². The van der Waals surface area contributed by atoms with Crippen LogP contribution in [0.15, 0.2) is 73.6 Å². The van der Waals surface area contributed by atoms with E-state index in [1.54, 1.807) is 13.1 Å². The van der Waals surface area contributed by atoms with Gasteiger partial charge in [-0.05, 0) is 62.5 Å². The Labute approximate surface area is 282 Å². The Morgan fingerprint density at radius 3 is 2.12 bits per heavy atom. The molecule has 0 atom stereocenters. The van der Waals surface area contributed by atoms with Gasteiger partial charge >= 0.3 is 0 Å². The van der Waals surface area contributed by atoms with E-state index >= 15 is 0 Å². The predicted molar refractivity (Wildman–Crippen MR) is 192 cm³/mol. The van der Waals surface area contributed by atoms with Crippen molar-refractivity contribution >= 4 is 29.2 Å². The van der Waals surface area contributed by atoms with Gasteiger partial charge in [0, 0.05) is 49.6 Å². The van der Waals surface area contributed by atoms with Gasteiger partial charge in [-0.25, -0.2) is 22.5 Å². The first-order chi connectivity index (χ1) is 23.0. The van der Waals surface area contributed by atoms with Gasteiger partial charge in [0.15, 0.2) is 0 Å². The van der Waals surface area contributed by atoms with Gasteiger partial charge in [0.1, 0.15) is 40.6 Å². The molecule has 1 aliphatic rings. The van der Waals surface area contributed by atoms with E-state index in [-0.39, 0.29) is 5.69 Å². The van der Waals surface area contributed by atoms with E-state index in [0.29, 0.717) is 42.1 Å². The van der Waals surface area contributed by atoms with Gasteiger partial charge in [0.2, 0.25) is 5.95 Å². The maximum atomic E-state index is 14.9. The van der Waals surface area contributed by atoms with Crippen LogP contribution in [0.2, 0.25) is 0 Å². The van der Waals surface area contributed by atoms with Crippen LogP contribution in [0.5, 0.6) is 0 Å². The average Bonchev–Trinajstić information content (AvgIpc) is 3.07. The molecule has 3 N–H and O–H groups in total. The minimum absolute atomic E-state index is 0.235. The summed E-state index contributed by atoms with van der Waals surface area (Å²) in [6.45, 7) is 19.6. The smallest absolute Gasteiger partial charge is 0.225 e. The van der Waals surface area contributed by atoms with Gasteiger partial charge in [0.05, 0.1) is 5.69 Å². The number of hydrogen-bond donors (Lipinski definition) is 3. The molecule has 48 heavy (non-hydrogen) atoms. The van der Waals surface area contributed by atoms with Crippen molar-refractivity contribution in [3.8, 4) is 11.3 Å². The van der Waals surface area contributed by atoms with Gasteiger partial charge in [-0.15, -0.1) is 0 Å². The third-order valence-electron chi connectivity index (χ3n) is 6.84. The Balaban J connectivity index is 0.000000482. The summed E-state index contributed by atoms with van der Waals surface area (Å²) in [5.74, 6) is -1.46. The van der Waals surface area contributed by atoms with Crippen molar-refractivity contribution in [2.24, 2.45) is 0 Å². The molecule has 0 radical (unpaired) electrons. The SMILES string of the molecule is C=Cc1ccc(C)c(-c2nc(NCCN(C)C)nc3c2CNC(=C)N3c2c(F)cccc2F)c1.CC.CC.CNc1cc(F)cc(F)c1. The van der Waals surface area contributed by atoms with Crippen LogP contribution < -0.4 is 20.9 Å². The zero-order chi connectivity index (χ0) is 36.0. The Bertz CT molecular complexity index is 1630. The zero-order valence-corrected chi connectivity index (χ0v) is 29.1. The van der Waals surface area contributed by atoms with Crippen molar-refractivity contribution in [1.82, 2.24) is 20.2 Å². The van der Waals surface area contributed by atoms with Gasteiger partial charge in [-0.2, -0.15) is 4.98 Å². The van der Waals surface area contributed by atoms with Crippen molar-refractivity contribution in [3.63, 3.8) is 0 Å². The van der Waals surface area contributed by atoms with Crippen LogP contribution in [0.1, 0.15) is 44.4 Å². The molecule has 0 fully saturated rings. The van der Waals surface area contributed by atoms with E-state index < -0.39 is 23.3 Å². The van der Waals surface area contributed by atoms with Gasteiger partial charge in [0.25, 0.3) is 0 Å². The number of likely N-dealkylation sites (N-methyl/N-ethyl adjacent to an activating group) is 1. The monoisotopic (exact) mass is 665 g/mol. The summed E-state index contributed by atoms with van der Waals surface area (Å²) in [7, 11) is 5.56. The largest absolute Gasteiger partial charge is 0.388 e. The molecule has 11 heteroatoms. The molecule has 1 aromatic heterocycles. The lowest BCUT2D eigenvalue weighted by Crippen LogP contribution is -2.35. The van der Waals surface area contributed by atoms with Crippen LogP contribution in [-0.4, -0.2) is 49.1 Å². The lowest BCUT2D eigenvalue weighted by molar-refractivity contribution is 0.425. The Morgan fingerprint density at radius 1 is 0.938 bits per heavy atom. The molecule has 258 valence electrons. The van der Waals surface area contributed by atoms with E-state index in [1.807, 2.05) is 71.8 Å². The number of rotatable bonds is 8. The number of nitrogens with one attached hydrogen (secondary N) is 3. The quantitative estimate of drug-likeness (QED) is 0.162. The number of anilines is 4. The summed E-state index contributed by atoms with van der Waals surface area (Å²) < 4.78 is 54.4. The number of halogens is 4. The summed E-state index contributed by atoms with van der Waals surface area (Å²) in [6, 6.07) is 13.0. The summed E-state index contributed by atoms with van der Waals surface area (Å²) in [5, 5.41) is 9.03. The molecular formula is C37H47F4N7. The Morgan fingerprint density at radius 2 is 1.56 bits per heavy atom. The molecule has 0 saturated heterocycles. The molecule has 0 amide bonds. The first kappa shape index (κ1) is 39.3. The first-order valence-electron chi connectivity index (χ1n) is 15.9. The van der Waals surface area contributed by atoms with E-state index in [2.05, 4.69) is 34.1 Å². The summed E-state index contributed by atoms with van der Waals surface area (Å²) in [4.78, 5) is 12.9. The molecule has 0 unspecified atom stereocenters. The van der Waals surface area contributed by atoms with Crippen LogP contribution in [-0.2, 0) is 6.54 Å². The van der Waals surface area contributed by atoms with Gasteiger partial charge in [-0.3, -0.25) is 4.90 Å². The second kappa shape index (κ2) is 19.0. The van der Waals surface area contributed by atoms with E-state index in [9.17, 15) is 17.6 Å². The molecule has 0 bridgehead atoms. The topological polar surface area (TPSA) is 68.4 Å². The van der Waals surface area contributed by atoms with Crippen molar-refractivity contribution in [3.05, 3.63) is 114 Å². The normalized spacial score (nSPS) is 11.4. The summed E-state index contributed by atoms with van der Waals surface area (Å²) >= 11 is 0. The van der Waals surface area contributed by atoms with E-state index in [0.717, 1.165) is 34.9 Å². The number of aryl methyl sites for hydroxylation is 1. The maximum Gasteiger partial charge on any atom is 0.225 e. The standard InChI is InChI=1S/C26H28F2N6.C7H7F2N.2C2H6/c1-6-18-11-10-16(2)19(14-18)23-20-15-30-17(3)34(24-21(27)8-7-9-22(24)28)25(20)32-26(31-23)29-12-13-33(4)5;1-10-7-3-5(8)2-6(9)4-7;2*1-2/h6-11,14,30H,1,3,12-13,15H2,2,4-5H3,(H,29,31,32);2-4,10H,1H3;2*1-2H3. The molecule has 7 nitrogen and oxygen atoms in total. The number of fused-ring (bicyclic) bond motifs is 1. The fourth-order valence-corrected chi connectivity index (χ4v) is 4.57. The van der Waals surface area contributed by atoms with E-state index in [1.165, 1.54) is 35.2 Å². The molecule has 0 aliphatic carbocycles. The van der Waals surface area contributed by atoms with E-state index in [4.69, 9.17) is 4.98 Å². The predicted octanol–water partition coefficient (Wildman–Crippen LogP) is 9.12. The maximum absolute atomic E-state index is 14.9.